The number of nitrogens with one attached hydrogen (secondary N) is 1. The number of rotatable bonds is 10. The number of hydrogen-bond acceptors (Lipinski definition) is 8. The number of pyridine rings is 1. The first-order valence-corrected chi connectivity index (χ1v) is 17.0. The van der Waals surface area contributed by atoms with Crippen molar-refractivity contribution in [2.24, 2.45) is 0 Å². The van der Waals surface area contributed by atoms with E-state index in [-0.39, 0.29) is 11.7 Å². The minimum atomic E-state index is -3.63. The van der Waals surface area contributed by atoms with E-state index in [1.54, 1.807) is 36.5 Å². The number of aryl methyl sites for hydroxylation is 1. The largest absolute Gasteiger partial charge is 0.358 e. The summed E-state index contributed by atoms with van der Waals surface area (Å²) >= 11 is 6.26. The monoisotopic (exact) mass is 612 g/mol. The molecule has 1 atom stereocenters. The number of carbonyl (C=O) groups excluding carboxylic acids is 1. The Balaban J connectivity index is 1.44. The summed E-state index contributed by atoms with van der Waals surface area (Å²) in [6.07, 6.45) is 6.61. The molecule has 1 N–H and O–H groups in total. The predicted octanol–water partition coefficient (Wildman–Crippen LogP) is 5.14. The topological polar surface area (TPSA) is 108 Å². The molecule has 2 aliphatic rings. The molecule has 1 saturated heterocycles. The quantitative estimate of drug-likeness (QED) is 0.335. The van der Waals surface area contributed by atoms with Gasteiger partial charge >= 0.3 is 0 Å². The Kier molecular flexibility index (Phi) is 9.06. The van der Waals surface area contributed by atoms with E-state index in [0.717, 1.165) is 19.3 Å². The van der Waals surface area contributed by atoms with Gasteiger partial charge in [0.2, 0.25) is 5.91 Å². The average molecular weight is 613 g/mol. The number of nitrogens with zero attached hydrogens (tertiary/aromatic N) is 5. The number of anilines is 1. The second-order valence-electron chi connectivity index (χ2n) is 12.0. The van der Waals surface area contributed by atoms with Gasteiger partial charge in [-0.25, -0.2) is 23.4 Å². The third kappa shape index (κ3) is 6.26. The molecule has 1 aliphatic carbocycles. The van der Waals surface area contributed by atoms with Gasteiger partial charge in [0.15, 0.2) is 15.5 Å². The van der Waals surface area contributed by atoms with Crippen LogP contribution in [-0.2, 0) is 21.1 Å². The Morgan fingerprint density at radius 2 is 1.86 bits per heavy atom. The van der Waals surface area contributed by atoms with Crippen molar-refractivity contribution in [2.75, 3.05) is 24.7 Å². The van der Waals surface area contributed by atoms with E-state index < -0.39 is 21.4 Å². The molecule has 9 nitrogen and oxygen atoms in total. The zero-order chi connectivity index (χ0) is 30.1. The van der Waals surface area contributed by atoms with Crippen LogP contribution in [0.3, 0.4) is 0 Å². The fraction of sp³-hybridized carbons (Fsp3) is 0.548. The van der Waals surface area contributed by atoms with Crippen LogP contribution in [0.2, 0.25) is 5.02 Å². The number of carbonyl (C=O) groups is 1. The summed E-state index contributed by atoms with van der Waals surface area (Å²) in [7, 11) is -1.50. The molecule has 0 bridgehead atoms. The fourth-order valence-corrected chi connectivity index (χ4v) is 8.50. The Morgan fingerprint density at radius 3 is 2.52 bits per heavy atom. The smallest absolute Gasteiger partial charge is 0.245 e. The van der Waals surface area contributed by atoms with E-state index in [1.807, 2.05) is 11.0 Å². The maximum absolute atomic E-state index is 14.1. The SMILES string of the molecule is CCCc1nc(N[C@H]2CCN(C3(CS(=O)(=O)c4ccccc4)CCC(N(C)C(C)C)CC3)C2=O)c2cc(Cl)cnc2n1. The Hall–Kier alpha value is -2.82. The van der Waals surface area contributed by atoms with Gasteiger partial charge < -0.3 is 15.1 Å². The molecule has 3 heterocycles. The molecule has 1 amide bonds. The number of sulfone groups is 1. The number of benzene rings is 1. The highest BCUT2D eigenvalue weighted by Gasteiger charge is 2.50. The molecular weight excluding hydrogens is 572 g/mol. The highest BCUT2D eigenvalue weighted by Crippen LogP contribution is 2.41. The molecule has 2 aromatic heterocycles. The van der Waals surface area contributed by atoms with Crippen LogP contribution in [0.25, 0.3) is 11.0 Å². The molecule has 2 fully saturated rings. The van der Waals surface area contributed by atoms with E-state index in [0.29, 0.717) is 76.9 Å². The van der Waals surface area contributed by atoms with Gasteiger partial charge in [-0.2, -0.15) is 0 Å². The van der Waals surface area contributed by atoms with Crippen LogP contribution in [0.4, 0.5) is 5.82 Å². The summed E-state index contributed by atoms with van der Waals surface area (Å²) < 4.78 is 27.5. The molecule has 226 valence electrons. The van der Waals surface area contributed by atoms with Crippen molar-refractivity contribution in [1.82, 2.24) is 24.8 Å². The van der Waals surface area contributed by atoms with E-state index in [4.69, 9.17) is 16.6 Å². The highest BCUT2D eigenvalue weighted by atomic mass is 35.5. The second-order valence-corrected chi connectivity index (χ2v) is 14.5. The summed E-state index contributed by atoms with van der Waals surface area (Å²) in [6, 6.07) is 10.6. The van der Waals surface area contributed by atoms with Crippen LogP contribution < -0.4 is 5.32 Å². The summed E-state index contributed by atoms with van der Waals surface area (Å²) in [5, 5.41) is 4.51. The summed E-state index contributed by atoms with van der Waals surface area (Å²) in [4.78, 5) is 32.4. The lowest BCUT2D eigenvalue weighted by Crippen LogP contribution is -2.58. The molecule has 42 heavy (non-hydrogen) atoms. The fourth-order valence-electron chi connectivity index (χ4n) is 6.45. The lowest BCUT2D eigenvalue weighted by atomic mass is 9.78. The molecule has 3 aromatic rings. The van der Waals surface area contributed by atoms with Gasteiger partial charge in [0.1, 0.15) is 17.7 Å². The van der Waals surface area contributed by atoms with Gasteiger partial charge in [-0.1, -0.05) is 36.7 Å². The molecule has 0 radical (unpaired) electrons. The average Bonchev–Trinajstić information content (AvgIpc) is 3.34. The number of halogens is 1. The Morgan fingerprint density at radius 1 is 1.14 bits per heavy atom. The Bertz CT molecular complexity index is 1530. The first-order chi connectivity index (χ1) is 20.0. The van der Waals surface area contributed by atoms with Crippen LogP contribution in [0.1, 0.15) is 65.1 Å². The summed E-state index contributed by atoms with van der Waals surface area (Å²) in [5.74, 6) is 1.01. The van der Waals surface area contributed by atoms with Crippen molar-refractivity contribution in [2.45, 2.75) is 94.3 Å². The van der Waals surface area contributed by atoms with Gasteiger partial charge in [0.25, 0.3) is 0 Å². The van der Waals surface area contributed by atoms with E-state index in [2.05, 4.69) is 48.0 Å². The van der Waals surface area contributed by atoms with Crippen molar-refractivity contribution in [3.05, 3.63) is 53.4 Å². The van der Waals surface area contributed by atoms with Crippen LogP contribution in [0, 0.1) is 0 Å². The van der Waals surface area contributed by atoms with Crippen LogP contribution in [0.5, 0.6) is 0 Å². The number of aromatic nitrogens is 3. The van der Waals surface area contributed by atoms with Crippen LogP contribution in [0.15, 0.2) is 47.5 Å². The zero-order valence-corrected chi connectivity index (χ0v) is 26.5. The zero-order valence-electron chi connectivity index (χ0n) is 24.9. The molecular formula is C31H41ClN6O3S. The molecule has 11 heteroatoms. The van der Waals surface area contributed by atoms with Crippen molar-refractivity contribution < 1.29 is 13.2 Å². The van der Waals surface area contributed by atoms with Crippen molar-refractivity contribution in [3.8, 4) is 0 Å². The van der Waals surface area contributed by atoms with E-state index >= 15 is 0 Å². The van der Waals surface area contributed by atoms with Gasteiger partial charge in [-0.05, 0) is 77.6 Å². The van der Waals surface area contributed by atoms with Crippen LogP contribution >= 0.6 is 11.6 Å². The summed E-state index contributed by atoms with van der Waals surface area (Å²) in [6.45, 7) is 6.89. The molecule has 1 aliphatic heterocycles. The third-order valence-electron chi connectivity index (χ3n) is 8.96. The molecule has 0 unspecified atom stereocenters. The van der Waals surface area contributed by atoms with Gasteiger partial charge in [-0.3, -0.25) is 4.79 Å². The first-order valence-electron chi connectivity index (χ1n) is 14.9. The lowest BCUT2D eigenvalue weighted by molar-refractivity contribution is -0.134. The maximum atomic E-state index is 14.1. The number of hydrogen-bond donors (Lipinski definition) is 1. The molecule has 1 saturated carbocycles. The number of fused-ring (bicyclic) bond motifs is 1. The van der Waals surface area contributed by atoms with E-state index in [1.165, 1.54) is 0 Å². The first kappa shape index (κ1) is 30.6. The van der Waals surface area contributed by atoms with Crippen molar-refractivity contribution >= 4 is 44.2 Å². The van der Waals surface area contributed by atoms with Gasteiger partial charge in [0.05, 0.1) is 26.6 Å². The molecule has 5 rings (SSSR count). The summed E-state index contributed by atoms with van der Waals surface area (Å²) in [5.41, 5.74) is -0.247. The third-order valence-corrected chi connectivity index (χ3v) is 11.1. The standard InChI is InChI=1S/C31H41ClN6O3S/c1-5-9-27-35-28-25(18-22(32)19-33-28)29(36-27)34-26-14-17-38(30(26)39)31(15-12-23(13-16-31)37(4)21(2)3)20-42(40,41)24-10-7-6-8-11-24/h6-8,10-11,18-19,21,23,26H,5,9,12-17,20H2,1-4H3,(H,33,34,35,36)/t23?,26-,31?/m0/s1. The minimum absolute atomic E-state index is 0.0861. The second kappa shape index (κ2) is 12.4. The number of likely N-dealkylation sites (tertiary alicyclic amines) is 1. The Labute approximate surface area is 254 Å². The minimum Gasteiger partial charge on any atom is -0.358 e. The maximum Gasteiger partial charge on any atom is 0.245 e. The number of amides is 1. The lowest BCUT2D eigenvalue weighted by Gasteiger charge is -2.48. The van der Waals surface area contributed by atoms with Crippen LogP contribution in [-0.4, -0.2) is 82.1 Å². The predicted molar refractivity (Wildman–Crippen MR) is 166 cm³/mol. The van der Waals surface area contributed by atoms with Crippen molar-refractivity contribution in [3.63, 3.8) is 0 Å². The highest BCUT2D eigenvalue weighted by molar-refractivity contribution is 7.91. The molecule has 1 aromatic carbocycles. The normalized spacial score (nSPS) is 23.3. The van der Waals surface area contributed by atoms with E-state index in [9.17, 15) is 13.2 Å². The van der Waals surface area contributed by atoms with Gasteiger partial charge in [0, 0.05) is 31.2 Å². The van der Waals surface area contributed by atoms with Crippen molar-refractivity contribution in [1.29, 1.82) is 0 Å². The molecule has 0 spiro atoms. The van der Waals surface area contributed by atoms with Gasteiger partial charge in [-0.15, -0.1) is 0 Å².